The van der Waals surface area contributed by atoms with E-state index in [1.165, 1.54) is 12.7 Å². The van der Waals surface area contributed by atoms with Crippen molar-refractivity contribution >= 4 is 11.7 Å². The maximum Gasteiger partial charge on any atom is 0.325 e. The number of ether oxygens (including phenoxy) is 2. The molecular weight excluding hydrogens is 218 g/mol. The standard InChI is InChI=1S/C13H17NO3/c1-16-11-5-6-12-10(8-11)4-3-7-14(12)9-13(15)17-2/h5-6,8H,3-4,7,9H2,1-2H3. The molecule has 1 aliphatic rings. The van der Waals surface area contributed by atoms with Gasteiger partial charge in [0.05, 0.1) is 14.2 Å². The molecule has 1 aliphatic heterocycles. The molecule has 0 fully saturated rings. The average Bonchev–Trinajstić information content (AvgIpc) is 2.38. The number of methoxy groups -OCH3 is 2. The molecule has 0 saturated carbocycles. The van der Waals surface area contributed by atoms with Crippen molar-refractivity contribution in [2.45, 2.75) is 12.8 Å². The normalized spacial score (nSPS) is 14.1. The minimum absolute atomic E-state index is 0.200. The lowest BCUT2D eigenvalue weighted by Gasteiger charge is -2.30. The molecule has 0 radical (unpaired) electrons. The van der Waals surface area contributed by atoms with Crippen LogP contribution in [0.15, 0.2) is 18.2 Å². The van der Waals surface area contributed by atoms with Crippen LogP contribution in [0.3, 0.4) is 0 Å². The van der Waals surface area contributed by atoms with Gasteiger partial charge in [-0.1, -0.05) is 0 Å². The SMILES string of the molecule is COC(=O)CN1CCCc2cc(OC)ccc21. The summed E-state index contributed by atoms with van der Waals surface area (Å²) >= 11 is 0. The van der Waals surface area contributed by atoms with Gasteiger partial charge in [-0.25, -0.2) is 0 Å². The highest BCUT2D eigenvalue weighted by Gasteiger charge is 2.19. The molecule has 0 spiro atoms. The van der Waals surface area contributed by atoms with Gasteiger partial charge in [-0.15, -0.1) is 0 Å². The fourth-order valence-electron chi connectivity index (χ4n) is 2.16. The number of nitrogens with zero attached hydrogens (tertiary/aromatic N) is 1. The Morgan fingerprint density at radius 1 is 1.41 bits per heavy atom. The first kappa shape index (κ1) is 11.8. The number of carbonyl (C=O) groups is 1. The van der Waals surface area contributed by atoms with Crippen molar-refractivity contribution in [3.05, 3.63) is 23.8 Å². The third-order valence-electron chi connectivity index (χ3n) is 3.05. The summed E-state index contributed by atoms with van der Waals surface area (Å²) < 4.78 is 9.92. The zero-order valence-electron chi connectivity index (χ0n) is 10.2. The Morgan fingerprint density at radius 3 is 2.94 bits per heavy atom. The summed E-state index contributed by atoms with van der Waals surface area (Å²) in [6, 6.07) is 5.98. The van der Waals surface area contributed by atoms with Gasteiger partial charge < -0.3 is 14.4 Å². The predicted octanol–water partition coefficient (Wildman–Crippen LogP) is 1.62. The van der Waals surface area contributed by atoms with E-state index >= 15 is 0 Å². The summed E-state index contributed by atoms with van der Waals surface area (Å²) in [6.45, 7) is 1.21. The molecule has 17 heavy (non-hydrogen) atoms. The largest absolute Gasteiger partial charge is 0.497 e. The average molecular weight is 235 g/mol. The van der Waals surface area contributed by atoms with Crippen LogP contribution in [0.2, 0.25) is 0 Å². The first-order valence-corrected chi connectivity index (χ1v) is 5.73. The molecule has 4 heteroatoms. The van der Waals surface area contributed by atoms with E-state index in [4.69, 9.17) is 9.47 Å². The molecule has 0 aliphatic carbocycles. The van der Waals surface area contributed by atoms with Crippen molar-refractivity contribution in [1.82, 2.24) is 0 Å². The lowest BCUT2D eigenvalue weighted by molar-refractivity contribution is -0.138. The zero-order valence-corrected chi connectivity index (χ0v) is 10.2. The molecule has 1 aromatic carbocycles. The van der Waals surface area contributed by atoms with Gasteiger partial charge in [0.15, 0.2) is 0 Å². The summed E-state index contributed by atoms with van der Waals surface area (Å²) in [5.41, 5.74) is 2.35. The smallest absolute Gasteiger partial charge is 0.325 e. The Bertz CT molecular complexity index is 417. The van der Waals surface area contributed by atoms with Crippen molar-refractivity contribution in [3.63, 3.8) is 0 Å². The highest BCUT2D eigenvalue weighted by molar-refractivity contribution is 5.76. The molecule has 2 rings (SSSR count). The summed E-state index contributed by atoms with van der Waals surface area (Å²) in [5.74, 6) is 0.664. The second kappa shape index (κ2) is 5.08. The van der Waals surface area contributed by atoms with Crippen molar-refractivity contribution in [3.8, 4) is 5.75 Å². The third-order valence-corrected chi connectivity index (χ3v) is 3.05. The van der Waals surface area contributed by atoms with Crippen LogP contribution in [-0.4, -0.2) is 33.3 Å². The first-order valence-electron chi connectivity index (χ1n) is 5.73. The molecule has 0 saturated heterocycles. The van der Waals surface area contributed by atoms with Crippen LogP contribution in [-0.2, 0) is 16.0 Å². The van der Waals surface area contributed by atoms with Crippen molar-refractivity contribution in [2.24, 2.45) is 0 Å². The Kier molecular flexibility index (Phi) is 3.52. The third kappa shape index (κ3) is 2.52. The van der Waals surface area contributed by atoms with E-state index in [2.05, 4.69) is 4.90 Å². The lowest BCUT2D eigenvalue weighted by Crippen LogP contribution is -2.34. The lowest BCUT2D eigenvalue weighted by atomic mass is 10.0. The van der Waals surface area contributed by atoms with E-state index in [0.29, 0.717) is 6.54 Å². The van der Waals surface area contributed by atoms with Crippen LogP contribution >= 0.6 is 0 Å². The Balaban J connectivity index is 2.22. The molecule has 0 amide bonds. The maximum atomic E-state index is 11.3. The first-order chi connectivity index (χ1) is 8.24. The number of esters is 1. The Labute approximate surface area is 101 Å². The van der Waals surface area contributed by atoms with Crippen LogP contribution in [0.1, 0.15) is 12.0 Å². The quantitative estimate of drug-likeness (QED) is 0.746. The van der Waals surface area contributed by atoms with Gasteiger partial charge >= 0.3 is 5.97 Å². The highest BCUT2D eigenvalue weighted by Crippen LogP contribution is 2.30. The molecule has 0 N–H and O–H groups in total. The van der Waals surface area contributed by atoms with Crippen LogP contribution in [0.4, 0.5) is 5.69 Å². The number of hydrogen-bond acceptors (Lipinski definition) is 4. The number of rotatable bonds is 3. The van der Waals surface area contributed by atoms with Crippen LogP contribution < -0.4 is 9.64 Å². The maximum absolute atomic E-state index is 11.3. The molecule has 1 heterocycles. The second-order valence-corrected chi connectivity index (χ2v) is 4.10. The highest BCUT2D eigenvalue weighted by atomic mass is 16.5. The van der Waals surface area contributed by atoms with Gasteiger partial charge in [-0.3, -0.25) is 4.79 Å². The molecule has 0 bridgehead atoms. The Hall–Kier alpha value is -1.71. The zero-order chi connectivity index (χ0) is 12.3. The van der Waals surface area contributed by atoms with Gasteiger partial charge in [0, 0.05) is 12.2 Å². The number of hydrogen-bond donors (Lipinski definition) is 0. The minimum atomic E-state index is -0.200. The van der Waals surface area contributed by atoms with Crippen LogP contribution in [0.25, 0.3) is 0 Å². The van der Waals surface area contributed by atoms with Crippen molar-refractivity contribution in [2.75, 3.05) is 32.2 Å². The topological polar surface area (TPSA) is 38.8 Å². The fourth-order valence-corrected chi connectivity index (χ4v) is 2.16. The second-order valence-electron chi connectivity index (χ2n) is 4.10. The Morgan fingerprint density at radius 2 is 2.24 bits per heavy atom. The molecule has 4 nitrogen and oxygen atoms in total. The fraction of sp³-hybridized carbons (Fsp3) is 0.462. The van der Waals surface area contributed by atoms with Gasteiger partial charge in [0.2, 0.25) is 0 Å². The van der Waals surface area contributed by atoms with Gasteiger partial charge in [0.25, 0.3) is 0 Å². The van der Waals surface area contributed by atoms with Crippen LogP contribution in [0.5, 0.6) is 5.75 Å². The van der Waals surface area contributed by atoms with E-state index in [-0.39, 0.29) is 5.97 Å². The van der Waals surface area contributed by atoms with Gasteiger partial charge in [-0.05, 0) is 36.6 Å². The van der Waals surface area contributed by atoms with E-state index in [9.17, 15) is 4.79 Å². The van der Waals surface area contributed by atoms with Gasteiger partial charge in [0.1, 0.15) is 12.3 Å². The van der Waals surface area contributed by atoms with Crippen molar-refractivity contribution in [1.29, 1.82) is 0 Å². The molecule has 92 valence electrons. The monoisotopic (exact) mass is 235 g/mol. The number of benzene rings is 1. The summed E-state index contributed by atoms with van der Waals surface area (Å²) in [6.07, 6.45) is 2.08. The van der Waals surface area contributed by atoms with E-state index in [0.717, 1.165) is 30.8 Å². The number of anilines is 1. The molecule has 0 aromatic heterocycles. The van der Waals surface area contributed by atoms with E-state index in [1.54, 1.807) is 7.11 Å². The molecule has 0 unspecified atom stereocenters. The summed E-state index contributed by atoms with van der Waals surface area (Å²) in [5, 5.41) is 0. The summed E-state index contributed by atoms with van der Waals surface area (Å²) in [4.78, 5) is 13.4. The van der Waals surface area contributed by atoms with Gasteiger partial charge in [-0.2, -0.15) is 0 Å². The van der Waals surface area contributed by atoms with E-state index in [1.807, 2.05) is 18.2 Å². The molecule has 1 aromatic rings. The molecule has 0 atom stereocenters. The molecular formula is C13H17NO3. The van der Waals surface area contributed by atoms with Crippen LogP contribution in [0, 0.1) is 0 Å². The number of fused-ring (bicyclic) bond motifs is 1. The predicted molar refractivity (Wildman–Crippen MR) is 65.5 cm³/mol. The minimum Gasteiger partial charge on any atom is -0.497 e. The van der Waals surface area contributed by atoms with E-state index < -0.39 is 0 Å². The number of carbonyl (C=O) groups excluding carboxylic acids is 1. The van der Waals surface area contributed by atoms with Crippen molar-refractivity contribution < 1.29 is 14.3 Å². The number of aryl methyl sites for hydroxylation is 1. The summed E-state index contributed by atoms with van der Waals surface area (Å²) in [7, 11) is 3.08.